The Morgan fingerprint density at radius 3 is 1.74 bits per heavy atom. The van der Waals surface area contributed by atoms with Gasteiger partial charge in [-0.15, -0.1) is 0 Å². The molecule has 4 heteroatoms. The average molecular weight is 603 g/mol. The fourth-order valence-electron chi connectivity index (χ4n) is 7.75. The smallest absolute Gasteiger partial charge is 0.164 e. The molecule has 1 saturated carbocycles. The Morgan fingerprint density at radius 2 is 1.02 bits per heavy atom. The maximum absolute atomic E-state index is 9.64. The zero-order valence-electron chi connectivity index (χ0n) is 25.8. The fourth-order valence-corrected chi connectivity index (χ4v) is 7.75. The van der Waals surface area contributed by atoms with Crippen molar-refractivity contribution in [2.75, 3.05) is 0 Å². The van der Waals surface area contributed by atoms with Crippen molar-refractivity contribution in [1.82, 2.24) is 15.0 Å². The molecule has 47 heavy (non-hydrogen) atoms. The van der Waals surface area contributed by atoms with Crippen LogP contribution in [0.2, 0.25) is 0 Å². The number of rotatable bonds is 4. The molecule has 9 rings (SSSR count). The number of nitrogens with zero attached hydrogens (tertiary/aromatic N) is 4. The molecule has 0 unspecified atom stereocenters. The molecule has 1 fully saturated rings. The fraction of sp³-hybridized carbons (Fsp3) is 0.116. The first-order chi connectivity index (χ1) is 23.2. The largest absolute Gasteiger partial charge is 0.208 e. The summed E-state index contributed by atoms with van der Waals surface area (Å²) in [6, 6.07) is 48.9. The Hall–Kier alpha value is -5.92. The molecule has 0 radical (unpaired) electrons. The van der Waals surface area contributed by atoms with E-state index in [-0.39, 0.29) is 5.41 Å². The second kappa shape index (κ2) is 10.9. The molecular formula is C43H30N4. The summed E-state index contributed by atoms with van der Waals surface area (Å²) >= 11 is 0. The third kappa shape index (κ3) is 4.55. The van der Waals surface area contributed by atoms with Crippen molar-refractivity contribution >= 4 is 10.8 Å². The zero-order chi connectivity index (χ0) is 31.4. The van der Waals surface area contributed by atoms with E-state index in [0.717, 1.165) is 46.0 Å². The lowest BCUT2D eigenvalue weighted by atomic mass is 9.76. The van der Waals surface area contributed by atoms with Gasteiger partial charge in [0.2, 0.25) is 0 Å². The molecule has 6 aromatic carbocycles. The van der Waals surface area contributed by atoms with Crippen LogP contribution in [0, 0.1) is 11.3 Å². The van der Waals surface area contributed by atoms with Crippen molar-refractivity contribution in [2.24, 2.45) is 0 Å². The van der Waals surface area contributed by atoms with Gasteiger partial charge in [-0.05, 0) is 81.3 Å². The molecule has 7 aromatic rings. The van der Waals surface area contributed by atoms with Crippen molar-refractivity contribution in [3.05, 3.63) is 150 Å². The van der Waals surface area contributed by atoms with Crippen LogP contribution in [-0.4, -0.2) is 15.0 Å². The molecule has 0 saturated heterocycles. The van der Waals surface area contributed by atoms with Gasteiger partial charge in [0, 0.05) is 22.1 Å². The van der Waals surface area contributed by atoms with Crippen LogP contribution in [0.5, 0.6) is 0 Å². The van der Waals surface area contributed by atoms with Crippen LogP contribution in [0.4, 0.5) is 0 Å². The van der Waals surface area contributed by atoms with Crippen molar-refractivity contribution in [3.8, 4) is 62.5 Å². The van der Waals surface area contributed by atoms with E-state index in [0.29, 0.717) is 17.5 Å². The summed E-state index contributed by atoms with van der Waals surface area (Å²) < 4.78 is 0. The third-order valence-corrected chi connectivity index (χ3v) is 10.1. The standard InChI is InChI=1S/C43H30N4/c44-27-28-12-20-36-37-21-19-34(26-39(37)43(38(36)24-28)22-6-7-23-43)30-13-16-32(17-14-30)41-45-40(31-9-2-1-3-10-31)46-42(47-41)35-18-15-29-8-4-5-11-33(29)25-35/h1-5,8-21,24-26H,6-7,22-23H2. The Balaban J connectivity index is 1.11. The maximum atomic E-state index is 9.64. The number of hydrogen-bond donors (Lipinski definition) is 0. The van der Waals surface area contributed by atoms with E-state index >= 15 is 0 Å². The van der Waals surface area contributed by atoms with Gasteiger partial charge >= 0.3 is 0 Å². The van der Waals surface area contributed by atoms with Gasteiger partial charge in [0.05, 0.1) is 11.6 Å². The number of nitriles is 1. The number of fused-ring (bicyclic) bond motifs is 6. The monoisotopic (exact) mass is 602 g/mol. The van der Waals surface area contributed by atoms with Crippen LogP contribution in [0.15, 0.2) is 133 Å². The van der Waals surface area contributed by atoms with E-state index in [1.54, 1.807) is 0 Å². The first-order valence-electron chi connectivity index (χ1n) is 16.3. The van der Waals surface area contributed by atoms with E-state index in [9.17, 15) is 5.26 Å². The van der Waals surface area contributed by atoms with E-state index in [4.69, 9.17) is 15.0 Å². The molecule has 1 aromatic heterocycles. The van der Waals surface area contributed by atoms with Crippen molar-refractivity contribution < 1.29 is 0 Å². The second-order valence-corrected chi connectivity index (χ2v) is 12.7. The molecule has 0 aliphatic heterocycles. The van der Waals surface area contributed by atoms with E-state index in [1.165, 1.54) is 46.0 Å². The Kier molecular flexibility index (Phi) is 6.33. The normalized spacial score (nSPS) is 14.2. The summed E-state index contributed by atoms with van der Waals surface area (Å²) in [5.41, 5.74) is 11.3. The maximum Gasteiger partial charge on any atom is 0.164 e. The van der Waals surface area contributed by atoms with Gasteiger partial charge in [0.15, 0.2) is 17.5 Å². The van der Waals surface area contributed by atoms with Crippen LogP contribution in [0.3, 0.4) is 0 Å². The van der Waals surface area contributed by atoms with Gasteiger partial charge in [-0.1, -0.05) is 122 Å². The van der Waals surface area contributed by atoms with Crippen molar-refractivity contribution in [3.63, 3.8) is 0 Å². The van der Waals surface area contributed by atoms with Gasteiger partial charge in [-0.3, -0.25) is 0 Å². The minimum absolute atomic E-state index is 0.00532. The molecule has 2 aliphatic carbocycles. The quantitative estimate of drug-likeness (QED) is 0.201. The molecule has 2 aliphatic rings. The van der Waals surface area contributed by atoms with Gasteiger partial charge < -0.3 is 0 Å². The zero-order valence-corrected chi connectivity index (χ0v) is 25.8. The minimum atomic E-state index is 0.00532. The molecule has 222 valence electrons. The van der Waals surface area contributed by atoms with Gasteiger partial charge in [-0.2, -0.15) is 5.26 Å². The average Bonchev–Trinajstić information content (AvgIpc) is 3.75. The summed E-state index contributed by atoms with van der Waals surface area (Å²) in [6.07, 6.45) is 4.69. The minimum Gasteiger partial charge on any atom is -0.208 e. The highest BCUT2D eigenvalue weighted by molar-refractivity contribution is 5.87. The van der Waals surface area contributed by atoms with E-state index in [2.05, 4.69) is 103 Å². The predicted molar refractivity (Wildman–Crippen MR) is 188 cm³/mol. The second-order valence-electron chi connectivity index (χ2n) is 12.7. The van der Waals surface area contributed by atoms with Crippen LogP contribution >= 0.6 is 0 Å². The first kappa shape index (κ1) is 27.4. The van der Waals surface area contributed by atoms with Gasteiger partial charge in [0.25, 0.3) is 0 Å². The lowest BCUT2D eigenvalue weighted by Crippen LogP contribution is -2.20. The van der Waals surface area contributed by atoms with Gasteiger partial charge in [-0.25, -0.2) is 15.0 Å². The first-order valence-corrected chi connectivity index (χ1v) is 16.3. The summed E-state index contributed by atoms with van der Waals surface area (Å²) in [5, 5.41) is 12.0. The molecule has 1 spiro atoms. The van der Waals surface area contributed by atoms with Crippen LogP contribution in [0.25, 0.3) is 67.2 Å². The molecule has 1 heterocycles. The molecule has 0 bridgehead atoms. The SMILES string of the molecule is N#Cc1ccc2c(c1)C1(CCCC1)c1cc(-c3ccc(-c4nc(-c5ccccc5)nc(-c5ccc6ccccc6c5)n4)cc3)ccc1-2. The van der Waals surface area contributed by atoms with Crippen molar-refractivity contribution in [1.29, 1.82) is 5.26 Å². The molecule has 0 amide bonds. The van der Waals surface area contributed by atoms with Crippen LogP contribution in [0.1, 0.15) is 42.4 Å². The van der Waals surface area contributed by atoms with Crippen molar-refractivity contribution in [2.45, 2.75) is 31.1 Å². The number of aromatic nitrogens is 3. The van der Waals surface area contributed by atoms with E-state index < -0.39 is 0 Å². The Morgan fingerprint density at radius 1 is 0.468 bits per heavy atom. The summed E-state index contributed by atoms with van der Waals surface area (Å²) in [7, 11) is 0. The molecule has 0 atom stereocenters. The highest BCUT2D eigenvalue weighted by Crippen LogP contribution is 2.57. The predicted octanol–water partition coefficient (Wildman–Crippen LogP) is 10.4. The summed E-state index contributed by atoms with van der Waals surface area (Å²) in [4.78, 5) is 14.9. The van der Waals surface area contributed by atoms with E-state index in [1.807, 2.05) is 36.4 Å². The number of hydrogen-bond acceptors (Lipinski definition) is 4. The Bertz CT molecular complexity index is 2360. The highest BCUT2D eigenvalue weighted by atomic mass is 15.0. The highest BCUT2D eigenvalue weighted by Gasteiger charge is 2.45. The Labute approximate surface area is 274 Å². The molecular weight excluding hydrogens is 573 g/mol. The molecule has 4 nitrogen and oxygen atoms in total. The number of benzene rings is 6. The van der Waals surface area contributed by atoms with Gasteiger partial charge in [0.1, 0.15) is 0 Å². The van der Waals surface area contributed by atoms with Crippen LogP contribution in [-0.2, 0) is 5.41 Å². The topological polar surface area (TPSA) is 62.5 Å². The summed E-state index contributed by atoms with van der Waals surface area (Å²) in [5.74, 6) is 1.96. The van der Waals surface area contributed by atoms with Crippen LogP contribution < -0.4 is 0 Å². The lowest BCUT2D eigenvalue weighted by molar-refractivity contribution is 0.550. The summed E-state index contributed by atoms with van der Waals surface area (Å²) in [6.45, 7) is 0. The molecule has 0 N–H and O–H groups in total. The lowest BCUT2D eigenvalue weighted by Gasteiger charge is -2.27. The third-order valence-electron chi connectivity index (χ3n) is 10.1.